The Morgan fingerprint density at radius 3 is 2.43 bits per heavy atom. The van der Waals surface area contributed by atoms with Crippen LogP contribution < -0.4 is 16.2 Å². The summed E-state index contributed by atoms with van der Waals surface area (Å²) in [4.78, 5) is 36.7. The van der Waals surface area contributed by atoms with Crippen LogP contribution in [-0.2, 0) is 17.8 Å². The second-order valence-electron chi connectivity index (χ2n) is 6.14. The molecule has 0 radical (unpaired) electrons. The lowest BCUT2D eigenvalue weighted by molar-refractivity contribution is -0.117. The molecule has 0 saturated heterocycles. The van der Waals surface area contributed by atoms with E-state index in [1.54, 1.807) is 30.3 Å². The lowest BCUT2D eigenvalue weighted by Crippen LogP contribution is -2.31. The molecule has 0 aliphatic carbocycles. The van der Waals surface area contributed by atoms with Crippen LogP contribution in [0.15, 0.2) is 71.5 Å². The minimum absolute atomic E-state index is 0.0456. The van der Waals surface area contributed by atoms with Crippen molar-refractivity contribution in [3.63, 3.8) is 0 Å². The number of benzene rings is 2. The van der Waals surface area contributed by atoms with Gasteiger partial charge in [-0.15, -0.1) is 0 Å². The summed E-state index contributed by atoms with van der Waals surface area (Å²) in [5.74, 6) is -0.862. The zero-order chi connectivity index (χ0) is 19.9. The average molecular weight is 376 g/mol. The molecular weight excluding hydrogens is 356 g/mol. The zero-order valence-electron chi connectivity index (χ0n) is 15.4. The minimum atomic E-state index is -0.464. The molecule has 2 aromatic carbocycles. The molecule has 1 heterocycles. The van der Waals surface area contributed by atoms with Crippen LogP contribution in [0.5, 0.6) is 0 Å². The number of hydrogen-bond donors (Lipinski definition) is 2. The molecule has 0 fully saturated rings. The topological polar surface area (TPSA) is 93.1 Å². The van der Waals surface area contributed by atoms with Gasteiger partial charge in [0.1, 0.15) is 12.2 Å². The highest BCUT2D eigenvalue weighted by atomic mass is 16.2. The number of hydrogen-bond acceptors (Lipinski definition) is 4. The van der Waals surface area contributed by atoms with E-state index in [-0.39, 0.29) is 12.2 Å². The van der Waals surface area contributed by atoms with E-state index in [1.165, 1.54) is 12.1 Å². The smallest absolute Gasteiger partial charge is 0.276 e. The van der Waals surface area contributed by atoms with Gasteiger partial charge in [0.05, 0.1) is 0 Å². The third-order valence-corrected chi connectivity index (χ3v) is 4.04. The number of aryl methyl sites for hydroxylation is 1. The van der Waals surface area contributed by atoms with Crippen LogP contribution in [0.2, 0.25) is 0 Å². The SMILES string of the molecule is CCc1cccc(NC(=O)Cn2nc(C(=O)Nc3ccccc3)ccc2=O)c1. The lowest BCUT2D eigenvalue weighted by atomic mass is 10.1. The summed E-state index contributed by atoms with van der Waals surface area (Å²) in [6.07, 6.45) is 0.850. The van der Waals surface area contributed by atoms with Crippen molar-refractivity contribution in [2.75, 3.05) is 10.6 Å². The fourth-order valence-corrected chi connectivity index (χ4v) is 2.61. The minimum Gasteiger partial charge on any atom is -0.324 e. The van der Waals surface area contributed by atoms with E-state index < -0.39 is 17.4 Å². The van der Waals surface area contributed by atoms with Crippen LogP contribution in [0.1, 0.15) is 23.0 Å². The number of aromatic nitrogens is 2. The number of nitrogens with zero attached hydrogens (tertiary/aromatic N) is 2. The highest BCUT2D eigenvalue weighted by Crippen LogP contribution is 2.11. The Morgan fingerprint density at radius 1 is 0.929 bits per heavy atom. The predicted octanol–water partition coefficient (Wildman–Crippen LogP) is 2.70. The maximum Gasteiger partial charge on any atom is 0.276 e. The van der Waals surface area contributed by atoms with Crippen LogP contribution in [0.3, 0.4) is 0 Å². The van der Waals surface area contributed by atoms with Gasteiger partial charge in [0.2, 0.25) is 5.91 Å². The molecule has 0 saturated carbocycles. The van der Waals surface area contributed by atoms with Gasteiger partial charge in [0.15, 0.2) is 0 Å². The quantitative estimate of drug-likeness (QED) is 0.692. The van der Waals surface area contributed by atoms with Crippen LogP contribution in [0.25, 0.3) is 0 Å². The predicted molar refractivity (Wildman–Crippen MR) is 107 cm³/mol. The van der Waals surface area contributed by atoms with E-state index >= 15 is 0 Å². The second-order valence-corrected chi connectivity index (χ2v) is 6.14. The van der Waals surface area contributed by atoms with Crippen LogP contribution >= 0.6 is 0 Å². The Bertz CT molecular complexity index is 1040. The van der Waals surface area contributed by atoms with E-state index in [1.807, 2.05) is 31.2 Å². The van der Waals surface area contributed by atoms with Crippen LogP contribution in [0.4, 0.5) is 11.4 Å². The van der Waals surface area contributed by atoms with E-state index in [9.17, 15) is 14.4 Å². The average Bonchev–Trinajstić information content (AvgIpc) is 2.70. The molecule has 7 heteroatoms. The molecule has 7 nitrogen and oxygen atoms in total. The Hall–Kier alpha value is -3.74. The van der Waals surface area contributed by atoms with Crippen molar-refractivity contribution in [1.82, 2.24) is 9.78 Å². The number of anilines is 2. The van der Waals surface area contributed by atoms with Crippen LogP contribution in [0, 0.1) is 0 Å². The van der Waals surface area contributed by atoms with E-state index in [4.69, 9.17) is 0 Å². The molecular formula is C21H20N4O3. The van der Waals surface area contributed by atoms with Gasteiger partial charge in [-0.3, -0.25) is 14.4 Å². The largest absolute Gasteiger partial charge is 0.324 e. The molecule has 1 aromatic heterocycles. The fraction of sp³-hybridized carbons (Fsp3) is 0.143. The van der Waals surface area contributed by atoms with Crippen molar-refractivity contribution in [1.29, 1.82) is 0 Å². The maximum absolute atomic E-state index is 12.3. The normalized spacial score (nSPS) is 10.3. The molecule has 0 unspecified atom stereocenters. The molecule has 0 aliphatic rings. The van der Waals surface area contributed by atoms with Crippen molar-refractivity contribution in [2.24, 2.45) is 0 Å². The van der Waals surface area contributed by atoms with Crippen molar-refractivity contribution in [3.05, 3.63) is 88.3 Å². The highest BCUT2D eigenvalue weighted by molar-refractivity contribution is 6.02. The van der Waals surface area contributed by atoms with Gasteiger partial charge in [-0.05, 0) is 42.3 Å². The van der Waals surface area contributed by atoms with Crippen molar-refractivity contribution in [2.45, 2.75) is 19.9 Å². The molecule has 0 atom stereocenters. The monoisotopic (exact) mass is 376 g/mol. The van der Waals surface area contributed by atoms with Crippen molar-refractivity contribution >= 4 is 23.2 Å². The molecule has 28 heavy (non-hydrogen) atoms. The molecule has 3 rings (SSSR count). The Morgan fingerprint density at radius 2 is 1.68 bits per heavy atom. The number of para-hydroxylation sites is 1. The van der Waals surface area contributed by atoms with Gasteiger partial charge in [-0.2, -0.15) is 5.10 Å². The lowest BCUT2D eigenvalue weighted by Gasteiger charge is -2.09. The number of carbonyl (C=O) groups excluding carboxylic acids is 2. The van der Waals surface area contributed by atoms with E-state index in [0.717, 1.165) is 16.7 Å². The standard InChI is InChI=1S/C21H20N4O3/c1-2-15-7-6-10-17(13-15)22-19(26)14-25-20(27)12-11-18(24-25)21(28)23-16-8-4-3-5-9-16/h3-13H,2,14H2,1H3,(H,22,26)(H,23,28). The first kappa shape index (κ1) is 19.0. The molecule has 142 valence electrons. The van der Waals surface area contributed by atoms with Gasteiger partial charge in [0, 0.05) is 17.4 Å². The first-order valence-electron chi connectivity index (χ1n) is 8.88. The number of rotatable bonds is 6. The van der Waals surface area contributed by atoms with Gasteiger partial charge < -0.3 is 10.6 Å². The van der Waals surface area contributed by atoms with Crippen molar-refractivity contribution < 1.29 is 9.59 Å². The van der Waals surface area contributed by atoms with E-state index in [2.05, 4.69) is 15.7 Å². The van der Waals surface area contributed by atoms with Gasteiger partial charge in [-0.1, -0.05) is 37.3 Å². The summed E-state index contributed by atoms with van der Waals surface area (Å²) in [5, 5.41) is 9.45. The van der Waals surface area contributed by atoms with E-state index in [0.29, 0.717) is 11.4 Å². The summed E-state index contributed by atoms with van der Waals surface area (Å²) < 4.78 is 0.971. The van der Waals surface area contributed by atoms with Crippen molar-refractivity contribution in [3.8, 4) is 0 Å². The summed E-state index contributed by atoms with van der Waals surface area (Å²) in [7, 11) is 0. The number of carbonyl (C=O) groups is 2. The molecule has 0 spiro atoms. The highest BCUT2D eigenvalue weighted by Gasteiger charge is 2.12. The Kier molecular flexibility index (Phi) is 5.96. The molecule has 0 bridgehead atoms. The first-order valence-corrected chi connectivity index (χ1v) is 8.88. The number of nitrogens with one attached hydrogen (secondary N) is 2. The van der Waals surface area contributed by atoms with Gasteiger partial charge in [0.25, 0.3) is 11.5 Å². The molecule has 2 N–H and O–H groups in total. The summed E-state index contributed by atoms with van der Waals surface area (Å²) in [6.45, 7) is 1.73. The molecule has 0 aliphatic heterocycles. The maximum atomic E-state index is 12.3. The van der Waals surface area contributed by atoms with Gasteiger partial charge in [-0.25, -0.2) is 4.68 Å². The Labute approximate surface area is 162 Å². The molecule has 2 amide bonds. The first-order chi connectivity index (χ1) is 13.5. The summed E-state index contributed by atoms with van der Waals surface area (Å²) >= 11 is 0. The Balaban J connectivity index is 1.71. The third-order valence-electron chi connectivity index (χ3n) is 4.04. The fourth-order valence-electron chi connectivity index (χ4n) is 2.61. The molecule has 3 aromatic rings. The van der Waals surface area contributed by atoms with Crippen LogP contribution in [-0.4, -0.2) is 21.6 Å². The third kappa shape index (κ3) is 4.91. The summed E-state index contributed by atoms with van der Waals surface area (Å²) in [6, 6.07) is 18.9. The second kappa shape index (κ2) is 8.77. The van der Waals surface area contributed by atoms with Gasteiger partial charge >= 0.3 is 0 Å². The zero-order valence-corrected chi connectivity index (χ0v) is 15.4. The summed E-state index contributed by atoms with van der Waals surface area (Å²) in [5.41, 5.74) is 1.93. The number of amides is 2.